The summed E-state index contributed by atoms with van der Waals surface area (Å²) < 4.78 is 1.66. The topological polar surface area (TPSA) is 88.9 Å². The number of amides is 2. The van der Waals surface area contributed by atoms with Gasteiger partial charge in [-0.1, -0.05) is 54.6 Å². The monoisotopic (exact) mass is 409 g/mol. The quantitative estimate of drug-likeness (QED) is 0.540. The van der Waals surface area contributed by atoms with Crippen molar-refractivity contribution in [3.8, 4) is 17.1 Å². The molecular formula is C24H19N5O2. The van der Waals surface area contributed by atoms with Crippen molar-refractivity contribution < 1.29 is 9.59 Å². The second-order valence-electron chi connectivity index (χ2n) is 7.20. The molecule has 3 aromatic carbocycles. The zero-order valence-electron chi connectivity index (χ0n) is 16.6. The number of fused-ring (bicyclic) bond motifs is 1. The number of benzene rings is 3. The normalized spacial score (nSPS) is 12.7. The summed E-state index contributed by atoms with van der Waals surface area (Å²) in [5, 5.41) is 10.1. The van der Waals surface area contributed by atoms with E-state index in [4.69, 9.17) is 0 Å². The minimum atomic E-state index is -0.442. The zero-order valence-corrected chi connectivity index (χ0v) is 16.6. The molecule has 2 N–H and O–H groups in total. The van der Waals surface area contributed by atoms with Crippen LogP contribution in [0.15, 0.2) is 78.9 Å². The smallest absolute Gasteiger partial charge is 0.295 e. The Balaban J connectivity index is 1.49. The Kier molecular flexibility index (Phi) is 4.76. The average Bonchev–Trinajstić information content (AvgIpc) is 3.27. The van der Waals surface area contributed by atoms with Gasteiger partial charge in [0.1, 0.15) is 0 Å². The first kappa shape index (κ1) is 18.7. The van der Waals surface area contributed by atoms with E-state index in [1.54, 1.807) is 16.8 Å². The van der Waals surface area contributed by atoms with Gasteiger partial charge in [0, 0.05) is 23.4 Å². The molecule has 152 valence electrons. The van der Waals surface area contributed by atoms with Crippen LogP contribution in [0.25, 0.3) is 17.1 Å². The number of carbonyl (C=O) groups excluding carboxylic acids is 2. The minimum Gasteiger partial charge on any atom is -0.352 e. The molecular weight excluding hydrogens is 390 g/mol. The molecule has 7 nitrogen and oxygen atoms in total. The lowest BCUT2D eigenvalue weighted by atomic mass is 10.00. The number of hydrogen-bond donors (Lipinski definition) is 2. The van der Waals surface area contributed by atoms with Gasteiger partial charge in [-0.25, -0.2) is 9.67 Å². The summed E-state index contributed by atoms with van der Waals surface area (Å²) in [5.41, 5.74) is 3.73. The standard InChI is InChI=1S/C24H19N5O2/c30-23-20-15-18(12-11-16(20)13-14-25-23)26-24(31)21-27-22(17-7-3-1-4-8-17)29(28-21)19-9-5-2-6-10-19/h1-12,15H,13-14H2,(H,25,30)(H,26,31). The molecule has 0 radical (unpaired) electrons. The second kappa shape index (κ2) is 7.87. The van der Waals surface area contributed by atoms with E-state index in [9.17, 15) is 9.59 Å². The molecule has 0 aliphatic carbocycles. The van der Waals surface area contributed by atoms with Crippen molar-refractivity contribution in [1.82, 2.24) is 20.1 Å². The van der Waals surface area contributed by atoms with Crippen LogP contribution >= 0.6 is 0 Å². The maximum absolute atomic E-state index is 12.9. The highest BCUT2D eigenvalue weighted by atomic mass is 16.2. The van der Waals surface area contributed by atoms with Crippen LogP contribution in [0.3, 0.4) is 0 Å². The number of nitrogens with one attached hydrogen (secondary N) is 2. The highest BCUT2D eigenvalue weighted by Crippen LogP contribution is 2.22. The summed E-state index contributed by atoms with van der Waals surface area (Å²) in [6.45, 7) is 0.626. The van der Waals surface area contributed by atoms with Crippen LogP contribution in [0.2, 0.25) is 0 Å². The Morgan fingerprint density at radius 2 is 1.71 bits per heavy atom. The molecule has 0 unspecified atom stereocenters. The van der Waals surface area contributed by atoms with Crippen LogP contribution in [-0.2, 0) is 6.42 Å². The Bertz CT molecular complexity index is 1210. The summed E-state index contributed by atoms with van der Waals surface area (Å²) in [7, 11) is 0. The largest absolute Gasteiger partial charge is 0.352 e. The predicted molar refractivity (Wildman–Crippen MR) is 117 cm³/mol. The van der Waals surface area contributed by atoms with Gasteiger partial charge in [-0.2, -0.15) is 0 Å². The molecule has 0 saturated heterocycles. The van der Waals surface area contributed by atoms with Gasteiger partial charge in [0.25, 0.3) is 11.8 Å². The van der Waals surface area contributed by atoms with Gasteiger partial charge in [-0.3, -0.25) is 9.59 Å². The molecule has 0 saturated carbocycles. The third kappa shape index (κ3) is 3.69. The summed E-state index contributed by atoms with van der Waals surface area (Å²) in [6, 6.07) is 24.5. The third-order valence-corrected chi connectivity index (χ3v) is 5.14. The predicted octanol–water partition coefficient (Wildman–Crippen LogP) is 3.47. The molecule has 5 rings (SSSR count). The van der Waals surface area contributed by atoms with Crippen LogP contribution in [-0.4, -0.2) is 33.1 Å². The van der Waals surface area contributed by atoms with Gasteiger partial charge < -0.3 is 10.6 Å². The van der Waals surface area contributed by atoms with Gasteiger partial charge in [0.05, 0.1) is 5.69 Å². The van der Waals surface area contributed by atoms with Crippen LogP contribution in [0.5, 0.6) is 0 Å². The van der Waals surface area contributed by atoms with E-state index in [1.165, 1.54) is 0 Å². The maximum atomic E-state index is 12.9. The fourth-order valence-electron chi connectivity index (χ4n) is 3.61. The molecule has 0 fully saturated rings. The number of nitrogens with zero attached hydrogens (tertiary/aromatic N) is 3. The van der Waals surface area contributed by atoms with Gasteiger partial charge >= 0.3 is 0 Å². The van der Waals surface area contributed by atoms with Crippen molar-refractivity contribution in [1.29, 1.82) is 0 Å². The van der Waals surface area contributed by atoms with Crippen LogP contribution in [0, 0.1) is 0 Å². The lowest BCUT2D eigenvalue weighted by molar-refractivity contribution is 0.0944. The first-order valence-electron chi connectivity index (χ1n) is 9.99. The van der Waals surface area contributed by atoms with E-state index in [0.717, 1.165) is 23.2 Å². The van der Waals surface area contributed by atoms with Crippen LogP contribution in [0.1, 0.15) is 26.5 Å². The maximum Gasteiger partial charge on any atom is 0.295 e. The van der Waals surface area contributed by atoms with Crippen molar-refractivity contribution in [2.75, 3.05) is 11.9 Å². The summed E-state index contributed by atoms with van der Waals surface area (Å²) in [4.78, 5) is 29.6. The molecule has 7 heteroatoms. The van der Waals surface area contributed by atoms with Crippen molar-refractivity contribution in [3.05, 3.63) is 95.8 Å². The Morgan fingerprint density at radius 3 is 2.48 bits per heavy atom. The highest BCUT2D eigenvalue weighted by Gasteiger charge is 2.21. The number of rotatable bonds is 4. The first-order chi connectivity index (χ1) is 15.2. The second-order valence-corrected chi connectivity index (χ2v) is 7.20. The highest BCUT2D eigenvalue weighted by molar-refractivity contribution is 6.03. The van der Waals surface area contributed by atoms with E-state index in [2.05, 4.69) is 20.7 Å². The molecule has 31 heavy (non-hydrogen) atoms. The van der Waals surface area contributed by atoms with E-state index in [0.29, 0.717) is 23.6 Å². The van der Waals surface area contributed by atoms with Gasteiger partial charge in [0.15, 0.2) is 5.82 Å². The number of anilines is 1. The minimum absolute atomic E-state index is 0.0462. The molecule has 0 bridgehead atoms. The molecule has 1 aliphatic rings. The van der Waals surface area contributed by atoms with Crippen molar-refractivity contribution in [3.63, 3.8) is 0 Å². The van der Waals surface area contributed by atoms with Crippen molar-refractivity contribution >= 4 is 17.5 Å². The molecule has 1 aliphatic heterocycles. The lowest BCUT2D eigenvalue weighted by Crippen LogP contribution is -2.31. The molecule has 4 aromatic rings. The van der Waals surface area contributed by atoms with Crippen LogP contribution < -0.4 is 10.6 Å². The fourth-order valence-corrected chi connectivity index (χ4v) is 3.61. The van der Waals surface area contributed by atoms with Crippen molar-refractivity contribution in [2.45, 2.75) is 6.42 Å². The Hall–Kier alpha value is -4.26. The summed E-state index contributed by atoms with van der Waals surface area (Å²) >= 11 is 0. The number of aromatic nitrogens is 3. The molecule has 1 aromatic heterocycles. The van der Waals surface area contributed by atoms with Gasteiger partial charge in [-0.05, 0) is 36.2 Å². The number of hydrogen-bond acceptors (Lipinski definition) is 4. The van der Waals surface area contributed by atoms with Crippen molar-refractivity contribution in [2.24, 2.45) is 0 Å². The summed E-state index contributed by atoms with van der Waals surface area (Å²) in [6.07, 6.45) is 0.777. The average molecular weight is 409 g/mol. The zero-order chi connectivity index (χ0) is 21.2. The number of carbonyl (C=O) groups is 2. The molecule has 2 heterocycles. The lowest BCUT2D eigenvalue weighted by Gasteiger charge is -2.17. The fraction of sp³-hybridized carbons (Fsp3) is 0.0833. The van der Waals surface area contributed by atoms with Gasteiger partial charge in [0.2, 0.25) is 5.82 Å². The van der Waals surface area contributed by atoms with Gasteiger partial charge in [-0.15, -0.1) is 5.10 Å². The Morgan fingerprint density at radius 1 is 0.968 bits per heavy atom. The van der Waals surface area contributed by atoms with E-state index >= 15 is 0 Å². The summed E-state index contributed by atoms with van der Waals surface area (Å²) in [5.74, 6) is 0.0462. The first-order valence-corrected chi connectivity index (χ1v) is 9.99. The SMILES string of the molecule is O=C(Nc1ccc2c(c1)C(=O)NCC2)c1nc(-c2ccccc2)n(-c2ccccc2)n1. The third-order valence-electron chi connectivity index (χ3n) is 5.14. The van der Waals surface area contributed by atoms with E-state index in [1.807, 2.05) is 66.7 Å². The van der Waals surface area contributed by atoms with E-state index < -0.39 is 5.91 Å². The molecule has 0 spiro atoms. The van der Waals surface area contributed by atoms with E-state index in [-0.39, 0.29) is 11.7 Å². The molecule has 0 atom stereocenters. The molecule has 2 amide bonds. The number of para-hydroxylation sites is 1. The Labute approximate surface area is 178 Å². The van der Waals surface area contributed by atoms with Crippen LogP contribution in [0.4, 0.5) is 5.69 Å².